The van der Waals surface area contributed by atoms with E-state index in [0.29, 0.717) is 5.69 Å². The molecule has 0 saturated heterocycles. The second kappa shape index (κ2) is 8.86. The van der Waals surface area contributed by atoms with Gasteiger partial charge in [0.2, 0.25) is 0 Å². The van der Waals surface area contributed by atoms with Gasteiger partial charge in [0.25, 0.3) is 0 Å². The Labute approximate surface area is 150 Å². The van der Waals surface area contributed by atoms with Crippen LogP contribution in [0.5, 0.6) is 0 Å². The molecule has 1 aromatic heterocycles. The van der Waals surface area contributed by atoms with Gasteiger partial charge in [-0.3, -0.25) is 0 Å². The van der Waals surface area contributed by atoms with Crippen molar-refractivity contribution in [2.75, 3.05) is 33.6 Å². The molecule has 2 N–H and O–H groups in total. The lowest BCUT2D eigenvalue weighted by Crippen LogP contribution is -2.58. The van der Waals surface area contributed by atoms with Gasteiger partial charge in [0.1, 0.15) is 5.32 Å². The zero-order chi connectivity index (χ0) is 18.3. The summed E-state index contributed by atoms with van der Waals surface area (Å²) in [5, 5.41) is 0.781. The van der Waals surface area contributed by atoms with Crippen LogP contribution in [0.1, 0.15) is 5.56 Å². The van der Waals surface area contributed by atoms with Crippen LogP contribution in [0.15, 0.2) is 55.4 Å². The number of nitrogen functional groups attached to an aromatic ring is 1. The molecule has 136 valence electrons. The first kappa shape index (κ1) is 19.3. The fraction of sp³-hybridized carbons (Fsp3) is 0.333. The zero-order valence-electron chi connectivity index (χ0n) is 15.1. The van der Waals surface area contributed by atoms with E-state index in [1.54, 1.807) is 21.3 Å². The van der Waals surface area contributed by atoms with Gasteiger partial charge in [0.05, 0.1) is 5.69 Å². The third-order valence-corrected chi connectivity index (χ3v) is 6.97. The van der Waals surface area contributed by atoms with Crippen molar-refractivity contribution in [2.24, 2.45) is 0 Å². The van der Waals surface area contributed by atoms with Crippen LogP contribution in [0.3, 0.4) is 0 Å². The number of anilines is 1. The Hall–Kier alpha value is -2.06. The van der Waals surface area contributed by atoms with Crippen LogP contribution in [0, 0.1) is 0 Å². The third-order valence-electron chi connectivity index (χ3n) is 4.21. The van der Waals surface area contributed by atoms with Crippen molar-refractivity contribution in [1.29, 1.82) is 0 Å². The smallest absolute Gasteiger partial charge is 0.397 e. The van der Waals surface area contributed by atoms with Gasteiger partial charge < -0.3 is 28.5 Å². The average molecular weight is 362 g/mol. The number of rotatable bonds is 10. The van der Waals surface area contributed by atoms with Gasteiger partial charge in [-0.1, -0.05) is 36.9 Å². The molecule has 6 nitrogen and oxygen atoms in total. The zero-order valence-corrected chi connectivity index (χ0v) is 16.1. The Kier molecular flexibility index (Phi) is 6.83. The van der Waals surface area contributed by atoms with Gasteiger partial charge in [0.15, 0.2) is 0 Å². The minimum atomic E-state index is -2.99. The predicted octanol–water partition coefficient (Wildman–Crippen LogP) is 1.80. The summed E-state index contributed by atoms with van der Waals surface area (Å²) < 4.78 is 18.8. The first-order valence-corrected chi connectivity index (χ1v) is 9.83. The van der Waals surface area contributed by atoms with Gasteiger partial charge in [-0.25, -0.2) is 0 Å². The molecule has 0 fully saturated rings. The van der Waals surface area contributed by atoms with Crippen molar-refractivity contribution in [2.45, 2.75) is 13.1 Å². The van der Waals surface area contributed by atoms with E-state index in [-0.39, 0.29) is 0 Å². The van der Waals surface area contributed by atoms with Gasteiger partial charge in [-0.2, -0.15) is 0 Å². The number of benzene rings is 1. The minimum Gasteiger partial charge on any atom is -0.397 e. The molecule has 0 radical (unpaired) electrons. The molecule has 0 atom stereocenters. The standard InChI is InChI=1S/C18H27N3O3Si/c1-5-20(15-16-9-7-6-8-10-16)13-14-21-12-11-17(19)18(21)25(22-2,23-3)24-4/h5-12H,1,13-15,19H2,2-4H3. The van der Waals surface area contributed by atoms with E-state index in [9.17, 15) is 0 Å². The normalized spacial score (nSPS) is 11.5. The summed E-state index contributed by atoms with van der Waals surface area (Å²) in [5.41, 5.74) is 8.01. The Morgan fingerprint density at radius 2 is 1.76 bits per heavy atom. The minimum absolute atomic E-state index is 0.616. The third kappa shape index (κ3) is 4.32. The van der Waals surface area contributed by atoms with Gasteiger partial charge in [-0.15, -0.1) is 0 Å². The summed E-state index contributed by atoms with van der Waals surface area (Å²) >= 11 is 0. The van der Waals surface area contributed by atoms with E-state index in [2.05, 4.69) is 23.6 Å². The Bertz CT molecular complexity index is 663. The summed E-state index contributed by atoms with van der Waals surface area (Å²) in [4.78, 5) is 2.16. The van der Waals surface area contributed by atoms with Gasteiger partial charge in [0, 0.05) is 47.2 Å². The highest BCUT2D eigenvalue weighted by Crippen LogP contribution is 2.14. The maximum atomic E-state index is 6.16. The van der Waals surface area contributed by atoms with Crippen LogP contribution in [0.25, 0.3) is 0 Å². The fourth-order valence-corrected chi connectivity index (χ4v) is 4.91. The lowest BCUT2D eigenvalue weighted by Gasteiger charge is -2.27. The summed E-state index contributed by atoms with van der Waals surface area (Å²) in [6, 6.07) is 12.2. The van der Waals surface area contributed by atoms with E-state index in [0.717, 1.165) is 25.0 Å². The highest BCUT2D eigenvalue weighted by molar-refractivity contribution is 6.76. The molecule has 0 saturated carbocycles. The quantitative estimate of drug-likeness (QED) is 0.654. The summed E-state index contributed by atoms with van der Waals surface area (Å²) in [6.45, 7) is 6.22. The Morgan fingerprint density at radius 1 is 1.12 bits per heavy atom. The second-order valence-corrected chi connectivity index (χ2v) is 8.43. The lowest BCUT2D eigenvalue weighted by atomic mass is 10.2. The summed E-state index contributed by atoms with van der Waals surface area (Å²) in [5.74, 6) is 0. The maximum Gasteiger partial charge on any atom is 0.555 e. The molecule has 1 heterocycles. The molecule has 2 aromatic rings. The SMILES string of the molecule is C=CN(CCn1ccc(N)c1[Si](OC)(OC)OC)Cc1ccccc1. The molecule has 0 aliphatic rings. The van der Waals surface area contributed by atoms with Gasteiger partial charge >= 0.3 is 8.80 Å². The monoisotopic (exact) mass is 361 g/mol. The number of hydrogen-bond donors (Lipinski definition) is 1. The Balaban J connectivity index is 2.14. The lowest BCUT2D eigenvalue weighted by molar-refractivity contribution is 0.138. The van der Waals surface area contributed by atoms with E-state index >= 15 is 0 Å². The topological polar surface area (TPSA) is 61.9 Å². The van der Waals surface area contributed by atoms with Crippen molar-refractivity contribution in [1.82, 2.24) is 9.47 Å². The molecule has 1 aromatic carbocycles. The molecule has 0 bridgehead atoms. The number of hydrogen-bond acceptors (Lipinski definition) is 5. The van der Waals surface area contributed by atoms with E-state index in [4.69, 9.17) is 19.0 Å². The number of nitrogens with two attached hydrogens (primary N) is 1. The summed E-state index contributed by atoms with van der Waals surface area (Å²) in [7, 11) is 1.76. The van der Waals surface area contributed by atoms with Crippen LogP contribution >= 0.6 is 0 Å². The van der Waals surface area contributed by atoms with Crippen LogP contribution in [0.2, 0.25) is 0 Å². The first-order chi connectivity index (χ1) is 12.1. The molecule has 0 aliphatic heterocycles. The molecule has 2 rings (SSSR count). The fourth-order valence-electron chi connectivity index (χ4n) is 2.86. The largest absolute Gasteiger partial charge is 0.555 e. The molecular formula is C18H27N3O3Si. The summed E-state index contributed by atoms with van der Waals surface area (Å²) in [6.07, 6.45) is 3.79. The molecule has 7 heteroatoms. The van der Waals surface area contributed by atoms with Crippen LogP contribution in [-0.4, -0.2) is 46.1 Å². The molecule has 0 unspecified atom stereocenters. The molecule has 0 amide bonds. The van der Waals surface area contributed by atoms with E-state index < -0.39 is 8.80 Å². The molecule has 25 heavy (non-hydrogen) atoms. The second-order valence-electron chi connectivity index (χ2n) is 5.62. The van der Waals surface area contributed by atoms with E-state index in [1.165, 1.54) is 5.56 Å². The molecule has 0 spiro atoms. The predicted molar refractivity (Wildman–Crippen MR) is 102 cm³/mol. The number of aromatic nitrogens is 1. The first-order valence-electron chi connectivity index (χ1n) is 8.11. The molecular weight excluding hydrogens is 334 g/mol. The van der Waals surface area contributed by atoms with Crippen molar-refractivity contribution >= 4 is 19.8 Å². The van der Waals surface area contributed by atoms with Crippen LogP contribution in [0.4, 0.5) is 5.69 Å². The Morgan fingerprint density at radius 3 is 2.32 bits per heavy atom. The van der Waals surface area contributed by atoms with E-state index in [1.807, 2.05) is 41.2 Å². The number of nitrogens with zero attached hydrogens (tertiary/aromatic N) is 2. The average Bonchev–Trinajstić information content (AvgIpc) is 3.03. The van der Waals surface area contributed by atoms with Crippen LogP contribution in [-0.2, 0) is 26.4 Å². The van der Waals surface area contributed by atoms with Crippen molar-refractivity contribution in [3.05, 3.63) is 60.9 Å². The molecule has 0 aliphatic carbocycles. The van der Waals surface area contributed by atoms with Crippen LogP contribution < -0.4 is 11.1 Å². The highest BCUT2D eigenvalue weighted by atomic mass is 28.4. The van der Waals surface area contributed by atoms with Crippen molar-refractivity contribution in [3.63, 3.8) is 0 Å². The van der Waals surface area contributed by atoms with Crippen molar-refractivity contribution in [3.8, 4) is 0 Å². The van der Waals surface area contributed by atoms with Crippen molar-refractivity contribution < 1.29 is 13.3 Å². The maximum absolute atomic E-state index is 6.16. The highest BCUT2D eigenvalue weighted by Gasteiger charge is 2.45. The van der Waals surface area contributed by atoms with Gasteiger partial charge in [-0.05, 0) is 17.8 Å².